The van der Waals surface area contributed by atoms with Crippen LogP contribution in [0.4, 0.5) is 0 Å². The molecule has 3 heterocycles. The van der Waals surface area contributed by atoms with Crippen LogP contribution in [0.1, 0.15) is 5.56 Å². The standard InChI is InChI=1S/C23H16N4O/c28-22-14-26-23-21(7-3-11-25-23)27(22)15-16-4-1-5-17(12-16)18-8-9-20-19(13-18)6-2-10-24-20/h1-14H,15H2. The van der Waals surface area contributed by atoms with Gasteiger partial charge in [-0.3, -0.25) is 14.3 Å². The summed E-state index contributed by atoms with van der Waals surface area (Å²) < 4.78 is 1.71. The van der Waals surface area contributed by atoms with Crippen LogP contribution in [-0.2, 0) is 6.54 Å². The van der Waals surface area contributed by atoms with Crippen molar-refractivity contribution in [1.29, 1.82) is 0 Å². The summed E-state index contributed by atoms with van der Waals surface area (Å²) >= 11 is 0. The molecule has 2 aromatic carbocycles. The van der Waals surface area contributed by atoms with Crippen LogP contribution < -0.4 is 5.56 Å². The quantitative estimate of drug-likeness (QED) is 0.484. The molecule has 0 fully saturated rings. The SMILES string of the molecule is O=c1cnc2ncccc2n1Cc1cccc(-c2ccc3ncccc3c2)c1. The van der Waals surface area contributed by atoms with Crippen molar-refractivity contribution >= 4 is 22.1 Å². The molecule has 0 saturated carbocycles. The smallest absolute Gasteiger partial charge is 0.269 e. The van der Waals surface area contributed by atoms with E-state index in [0.29, 0.717) is 12.2 Å². The molecule has 0 aliphatic rings. The molecule has 0 amide bonds. The highest BCUT2D eigenvalue weighted by Crippen LogP contribution is 2.24. The Labute approximate surface area is 161 Å². The van der Waals surface area contributed by atoms with E-state index in [9.17, 15) is 4.79 Å². The summed E-state index contributed by atoms with van der Waals surface area (Å²) in [4.78, 5) is 25.2. The van der Waals surface area contributed by atoms with Gasteiger partial charge < -0.3 is 0 Å². The fraction of sp³-hybridized carbons (Fsp3) is 0.0435. The Balaban J connectivity index is 1.56. The minimum Gasteiger partial charge on any atom is -0.300 e. The summed E-state index contributed by atoms with van der Waals surface area (Å²) in [6.45, 7) is 0.465. The van der Waals surface area contributed by atoms with E-state index in [-0.39, 0.29) is 5.56 Å². The maximum atomic E-state index is 12.4. The number of nitrogens with zero attached hydrogens (tertiary/aromatic N) is 4. The molecule has 0 atom stereocenters. The Morgan fingerprint density at radius 3 is 2.61 bits per heavy atom. The van der Waals surface area contributed by atoms with Crippen LogP contribution in [0.15, 0.2) is 90.1 Å². The number of pyridine rings is 2. The highest BCUT2D eigenvalue weighted by molar-refractivity contribution is 5.84. The summed E-state index contributed by atoms with van der Waals surface area (Å²) in [5, 5.41) is 1.10. The lowest BCUT2D eigenvalue weighted by molar-refractivity contribution is 0.784. The van der Waals surface area contributed by atoms with Gasteiger partial charge in [0.1, 0.15) is 0 Å². The maximum Gasteiger partial charge on any atom is 0.269 e. The van der Waals surface area contributed by atoms with Gasteiger partial charge in [-0.25, -0.2) is 9.97 Å². The number of hydrogen-bond donors (Lipinski definition) is 0. The van der Waals surface area contributed by atoms with E-state index in [1.807, 2.05) is 36.4 Å². The third-order valence-electron chi connectivity index (χ3n) is 4.82. The fourth-order valence-electron chi connectivity index (χ4n) is 3.45. The van der Waals surface area contributed by atoms with Crippen LogP contribution in [0.25, 0.3) is 33.2 Å². The van der Waals surface area contributed by atoms with Gasteiger partial charge in [-0.2, -0.15) is 0 Å². The third-order valence-corrected chi connectivity index (χ3v) is 4.82. The summed E-state index contributed by atoms with van der Waals surface area (Å²) in [5.41, 5.74) is 5.41. The van der Waals surface area contributed by atoms with Crippen LogP contribution in [0, 0.1) is 0 Å². The van der Waals surface area contributed by atoms with E-state index in [1.54, 1.807) is 17.0 Å². The predicted molar refractivity (Wildman–Crippen MR) is 110 cm³/mol. The highest BCUT2D eigenvalue weighted by atomic mass is 16.1. The largest absolute Gasteiger partial charge is 0.300 e. The Morgan fingerprint density at radius 2 is 1.64 bits per heavy atom. The van der Waals surface area contributed by atoms with Crippen molar-refractivity contribution in [3.8, 4) is 11.1 Å². The third kappa shape index (κ3) is 2.93. The summed E-state index contributed by atoms with van der Waals surface area (Å²) in [6.07, 6.45) is 4.81. The van der Waals surface area contributed by atoms with Gasteiger partial charge in [0.25, 0.3) is 5.56 Å². The van der Waals surface area contributed by atoms with Crippen LogP contribution >= 0.6 is 0 Å². The van der Waals surface area contributed by atoms with E-state index in [4.69, 9.17) is 0 Å². The molecule has 0 unspecified atom stereocenters. The normalized spacial score (nSPS) is 11.1. The van der Waals surface area contributed by atoms with Gasteiger partial charge in [-0.1, -0.05) is 30.3 Å². The van der Waals surface area contributed by atoms with Gasteiger partial charge in [0.15, 0.2) is 5.65 Å². The number of fused-ring (bicyclic) bond motifs is 2. The maximum absolute atomic E-state index is 12.4. The molecule has 0 aliphatic heterocycles. The van der Waals surface area contributed by atoms with E-state index in [1.165, 1.54) is 6.20 Å². The average Bonchev–Trinajstić information content (AvgIpc) is 2.76. The molecule has 0 aliphatic carbocycles. The van der Waals surface area contributed by atoms with E-state index in [2.05, 4.69) is 45.3 Å². The second-order valence-electron chi connectivity index (χ2n) is 6.64. The fourth-order valence-corrected chi connectivity index (χ4v) is 3.45. The molecule has 5 rings (SSSR count). The lowest BCUT2D eigenvalue weighted by atomic mass is 10.0. The topological polar surface area (TPSA) is 60.7 Å². The van der Waals surface area contributed by atoms with Gasteiger partial charge in [0.2, 0.25) is 0 Å². The average molecular weight is 364 g/mol. The molecule has 5 nitrogen and oxygen atoms in total. The molecule has 3 aromatic heterocycles. The van der Waals surface area contributed by atoms with Gasteiger partial charge >= 0.3 is 0 Å². The summed E-state index contributed by atoms with van der Waals surface area (Å²) in [5.74, 6) is 0. The minimum absolute atomic E-state index is 0.136. The zero-order valence-corrected chi connectivity index (χ0v) is 15.0. The predicted octanol–water partition coefficient (Wildman–Crippen LogP) is 4.06. The van der Waals surface area contributed by atoms with Crippen molar-refractivity contribution in [2.75, 3.05) is 0 Å². The second kappa shape index (κ2) is 6.70. The van der Waals surface area contributed by atoms with Crippen molar-refractivity contribution in [3.05, 3.63) is 101 Å². The number of benzene rings is 2. The molecular formula is C23H16N4O. The lowest BCUT2D eigenvalue weighted by Gasteiger charge is -2.11. The van der Waals surface area contributed by atoms with E-state index < -0.39 is 0 Å². The van der Waals surface area contributed by atoms with Gasteiger partial charge in [-0.15, -0.1) is 0 Å². The first kappa shape index (κ1) is 16.3. The van der Waals surface area contributed by atoms with E-state index in [0.717, 1.165) is 33.1 Å². The van der Waals surface area contributed by atoms with Crippen molar-refractivity contribution in [2.24, 2.45) is 0 Å². The lowest BCUT2D eigenvalue weighted by Crippen LogP contribution is -2.21. The van der Waals surface area contributed by atoms with Crippen LogP contribution in [0.3, 0.4) is 0 Å². The number of rotatable bonds is 3. The molecule has 134 valence electrons. The first-order valence-corrected chi connectivity index (χ1v) is 9.03. The van der Waals surface area contributed by atoms with Crippen molar-refractivity contribution in [3.63, 3.8) is 0 Å². The Bertz CT molecular complexity index is 1370. The van der Waals surface area contributed by atoms with Crippen molar-refractivity contribution in [2.45, 2.75) is 6.54 Å². The zero-order valence-electron chi connectivity index (χ0n) is 15.0. The van der Waals surface area contributed by atoms with Gasteiger partial charge in [0.05, 0.1) is 23.8 Å². The molecular weight excluding hydrogens is 348 g/mol. The summed E-state index contributed by atoms with van der Waals surface area (Å²) in [7, 11) is 0. The molecule has 0 saturated heterocycles. The first-order valence-electron chi connectivity index (χ1n) is 9.03. The molecule has 5 heteroatoms. The number of hydrogen-bond acceptors (Lipinski definition) is 4. The van der Waals surface area contributed by atoms with Gasteiger partial charge in [0, 0.05) is 17.8 Å². The monoisotopic (exact) mass is 364 g/mol. The van der Waals surface area contributed by atoms with E-state index >= 15 is 0 Å². The Morgan fingerprint density at radius 1 is 0.786 bits per heavy atom. The minimum atomic E-state index is -0.136. The molecule has 0 bridgehead atoms. The van der Waals surface area contributed by atoms with Crippen molar-refractivity contribution in [1.82, 2.24) is 19.5 Å². The van der Waals surface area contributed by atoms with Crippen LogP contribution in [-0.4, -0.2) is 19.5 Å². The molecule has 0 spiro atoms. The molecule has 0 N–H and O–H groups in total. The number of aromatic nitrogens is 4. The Hall–Kier alpha value is -3.86. The Kier molecular flexibility index (Phi) is 3.91. The van der Waals surface area contributed by atoms with Crippen molar-refractivity contribution < 1.29 is 0 Å². The molecule has 5 aromatic rings. The zero-order chi connectivity index (χ0) is 18.9. The molecule has 28 heavy (non-hydrogen) atoms. The first-order chi connectivity index (χ1) is 13.8. The van der Waals surface area contributed by atoms with Crippen LogP contribution in [0.2, 0.25) is 0 Å². The second-order valence-corrected chi connectivity index (χ2v) is 6.64. The van der Waals surface area contributed by atoms with Gasteiger partial charge in [-0.05, 0) is 53.1 Å². The van der Waals surface area contributed by atoms with Crippen LogP contribution in [0.5, 0.6) is 0 Å². The molecule has 0 radical (unpaired) electrons. The highest BCUT2D eigenvalue weighted by Gasteiger charge is 2.07. The summed E-state index contributed by atoms with van der Waals surface area (Å²) in [6, 6.07) is 22.2.